The highest BCUT2D eigenvalue weighted by Crippen LogP contribution is 2.35. The van der Waals surface area contributed by atoms with Gasteiger partial charge >= 0.3 is 0 Å². The van der Waals surface area contributed by atoms with Crippen LogP contribution in [0.15, 0.2) is 67.0 Å². The molecule has 22 heavy (non-hydrogen) atoms. The quantitative estimate of drug-likeness (QED) is 0.769. The van der Waals surface area contributed by atoms with E-state index >= 15 is 0 Å². The summed E-state index contributed by atoms with van der Waals surface area (Å²) in [4.78, 5) is 0. The summed E-state index contributed by atoms with van der Waals surface area (Å²) < 4.78 is 0. The van der Waals surface area contributed by atoms with Gasteiger partial charge in [-0.05, 0) is 30.5 Å². The van der Waals surface area contributed by atoms with E-state index in [1.807, 2.05) is 18.5 Å². The van der Waals surface area contributed by atoms with Crippen LogP contribution in [-0.2, 0) is 5.41 Å². The third kappa shape index (κ3) is 2.44. The molecule has 0 fully saturated rings. The smallest absolute Gasteiger partial charge is 0.0565 e. The fraction of sp³-hybridized carbons (Fsp3) is 0.211. The maximum atomic E-state index is 6.35. The Labute approximate surface area is 131 Å². The highest BCUT2D eigenvalue weighted by Gasteiger charge is 2.32. The maximum absolute atomic E-state index is 6.35. The van der Waals surface area contributed by atoms with Crippen molar-refractivity contribution in [3.05, 3.63) is 78.1 Å². The molecule has 3 rings (SSSR count). The highest BCUT2D eigenvalue weighted by atomic mass is 15.1. The minimum Gasteiger partial charge on any atom is -0.327 e. The molecule has 0 aliphatic rings. The minimum atomic E-state index is -0.212. The molecule has 0 radical (unpaired) electrons. The molecule has 0 aliphatic carbocycles. The molecule has 112 valence electrons. The summed E-state index contributed by atoms with van der Waals surface area (Å²) in [5, 5.41) is 6.85. The number of nitrogens with zero attached hydrogens (tertiary/aromatic N) is 1. The molecule has 0 bridgehead atoms. The molecule has 0 aliphatic heterocycles. The number of rotatable bonds is 4. The van der Waals surface area contributed by atoms with Gasteiger partial charge < -0.3 is 5.73 Å². The lowest BCUT2D eigenvalue weighted by atomic mass is 9.71. The first-order valence-electron chi connectivity index (χ1n) is 7.53. The normalized spacial score (nSPS) is 15.2. The molecular formula is C19H21N3. The van der Waals surface area contributed by atoms with Crippen LogP contribution < -0.4 is 5.73 Å². The van der Waals surface area contributed by atoms with E-state index in [0.717, 1.165) is 11.1 Å². The Kier molecular flexibility index (Phi) is 3.82. The fourth-order valence-corrected chi connectivity index (χ4v) is 2.89. The largest absolute Gasteiger partial charge is 0.327 e. The van der Waals surface area contributed by atoms with E-state index in [4.69, 9.17) is 5.73 Å². The van der Waals surface area contributed by atoms with Crippen LogP contribution in [0.2, 0.25) is 0 Å². The Morgan fingerprint density at radius 2 is 1.59 bits per heavy atom. The first kappa shape index (κ1) is 14.5. The van der Waals surface area contributed by atoms with Crippen LogP contribution >= 0.6 is 0 Å². The second-order valence-corrected chi connectivity index (χ2v) is 5.92. The van der Waals surface area contributed by atoms with E-state index in [9.17, 15) is 0 Å². The lowest BCUT2D eigenvalue weighted by Crippen LogP contribution is -2.41. The molecular weight excluding hydrogens is 270 g/mol. The number of H-pyrrole nitrogens is 1. The number of hydrogen-bond donors (Lipinski definition) is 2. The zero-order valence-electron chi connectivity index (χ0n) is 13.0. The summed E-state index contributed by atoms with van der Waals surface area (Å²) in [6.07, 6.45) is 3.73. The van der Waals surface area contributed by atoms with Gasteiger partial charge in [0.2, 0.25) is 0 Å². The van der Waals surface area contributed by atoms with Crippen LogP contribution in [0.4, 0.5) is 0 Å². The first-order chi connectivity index (χ1) is 10.6. The Morgan fingerprint density at radius 1 is 0.955 bits per heavy atom. The van der Waals surface area contributed by atoms with Crippen molar-refractivity contribution in [1.29, 1.82) is 0 Å². The summed E-state index contributed by atoms with van der Waals surface area (Å²) in [6, 6.07) is 19.1. The zero-order valence-corrected chi connectivity index (χ0v) is 13.0. The fourth-order valence-electron chi connectivity index (χ4n) is 2.89. The molecule has 0 saturated heterocycles. The van der Waals surface area contributed by atoms with E-state index < -0.39 is 0 Å². The van der Waals surface area contributed by atoms with Gasteiger partial charge in [-0.15, -0.1) is 0 Å². The molecule has 0 saturated carbocycles. The average Bonchev–Trinajstić information content (AvgIpc) is 3.09. The highest BCUT2D eigenvalue weighted by molar-refractivity contribution is 5.62. The third-order valence-corrected chi connectivity index (χ3v) is 4.60. The molecule has 1 heterocycles. The molecule has 0 amide bonds. The van der Waals surface area contributed by atoms with E-state index in [1.54, 1.807) is 0 Å². The van der Waals surface area contributed by atoms with Gasteiger partial charge in [0.1, 0.15) is 0 Å². The van der Waals surface area contributed by atoms with Gasteiger partial charge in [0.05, 0.1) is 6.20 Å². The van der Waals surface area contributed by atoms with Crippen molar-refractivity contribution >= 4 is 0 Å². The summed E-state index contributed by atoms with van der Waals surface area (Å²) in [5.74, 6) is 0. The Balaban J connectivity index is 2.03. The van der Waals surface area contributed by atoms with Crippen molar-refractivity contribution < 1.29 is 0 Å². The number of nitrogens with two attached hydrogens (primary N) is 1. The predicted octanol–water partition coefficient (Wildman–Crippen LogP) is 3.73. The monoisotopic (exact) mass is 291 g/mol. The predicted molar refractivity (Wildman–Crippen MR) is 90.6 cm³/mol. The van der Waals surface area contributed by atoms with Gasteiger partial charge in [-0.2, -0.15) is 5.10 Å². The molecule has 3 N–H and O–H groups in total. The second-order valence-electron chi connectivity index (χ2n) is 5.92. The van der Waals surface area contributed by atoms with Gasteiger partial charge in [-0.25, -0.2) is 0 Å². The van der Waals surface area contributed by atoms with Crippen LogP contribution in [0, 0.1) is 0 Å². The van der Waals surface area contributed by atoms with Crippen LogP contribution in [-0.4, -0.2) is 16.2 Å². The van der Waals surface area contributed by atoms with Gasteiger partial charge in [-0.3, -0.25) is 5.10 Å². The average molecular weight is 291 g/mol. The summed E-state index contributed by atoms with van der Waals surface area (Å²) in [6.45, 7) is 4.27. The molecule has 3 aromatic rings. The van der Waals surface area contributed by atoms with Crippen molar-refractivity contribution in [2.24, 2.45) is 5.73 Å². The van der Waals surface area contributed by atoms with Crippen molar-refractivity contribution in [3.63, 3.8) is 0 Å². The molecule has 3 heteroatoms. The summed E-state index contributed by atoms with van der Waals surface area (Å²) in [7, 11) is 0. The van der Waals surface area contributed by atoms with Gasteiger partial charge in [0, 0.05) is 23.2 Å². The lowest BCUT2D eigenvalue weighted by Gasteiger charge is -2.35. The molecule has 3 nitrogen and oxygen atoms in total. The lowest BCUT2D eigenvalue weighted by molar-refractivity contribution is 0.470. The first-order valence-corrected chi connectivity index (χ1v) is 7.53. The maximum Gasteiger partial charge on any atom is 0.0565 e. The van der Waals surface area contributed by atoms with Gasteiger partial charge in [-0.1, -0.05) is 54.6 Å². The molecule has 0 spiro atoms. The van der Waals surface area contributed by atoms with Crippen molar-refractivity contribution in [1.82, 2.24) is 10.2 Å². The molecule has 2 unspecified atom stereocenters. The summed E-state index contributed by atoms with van der Waals surface area (Å²) in [5.41, 5.74) is 10.8. The van der Waals surface area contributed by atoms with Crippen LogP contribution in [0.1, 0.15) is 25.0 Å². The Morgan fingerprint density at radius 3 is 2.14 bits per heavy atom. The minimum absolute atomic E-state index is 0.00896. The molecule has 1 aromatic heterocycles. The molecule has 2 aromatic carbocycles. The van der Waals surface area contributed by atoms with Crippen molar-refractivity contribution in [3.8, 4) is 11.1 Å². The van der Waals surface area contributed by atoms with Crippen molar-refractivity contribution in [2.45, 2.75) is 25.3 Å². The van der Waals surface area contributed by atoms with Crippen LogP contribution in [0.3, 0.4) is 0 Å². The van der Waals surface area contributed by atoms with Crippen LogP contribution in [0.5, 0.6) is 0 Å². The second kappa shape index (κ2) is 5.78. The van der Waals surface area contributed by atoms with E-state index in [1.165, 1.54) is 11.1 Å². The number of benzene rings is 2. The Hall–Kier alpha value is -2.39. The van der Waals surface area contributed by atoms with Crippen molar-refractivity contribution in [2.75, 3.05) is 0 Å². The van der Waals surface area contributed by atoms with Gasteiger partial charge in [0.25, 0.3) is 0 Å². The SMILES string of the molecule is CC(N)C(C)(c1ccccc1)c1ccc(-c2cn[nH]c2)cc1. The number of aromatic nitrogens is 2. The number of aromatic amines is 1. The molecule has 2 atom stereocenters. The van der Waals surface area contributed by atoms with Gasteiger partial charge in [0.15, 0.2) is 0 Å². The standard InChI is InChI=1S/C19H21N3/c1-14(20)19(2,17-6-4-3-5-7-17)18-10-8-15(9-11-18)16-12-21-22-13-16/h3-14H,20H2,1-2H3,(H,21,22). The van der Waals surface area contributed by atoms with Crippen LogP contribution in [0.25, 0.3) is 11.1 Å². The number of nitrogens with one attached hydrogen (secondary N) is 1. The Bertz CT molecular complexity index is 715. The summed E-state index contributed by atoms with van der Waals surface area (Å²) >= 11 is 0. The van der Waals surface area contributed by atoms with E-state index in [2.05, 4.69) is 72.6 Å². The zero-order chi connectivity index (χ0) is 15.6. The third-order valence-electron chi connectivity index (χ3n) is 4.60. The van der Waals surface area contributed by atoms with E-state index in [0.29, 0.717) is 0 Å². The topological polar surface area (TPSA) is 54.7 Å². The van der Waals surface area contributed by atoms with E-state index in [-0.39, 0.29) is 11.5 Å². The number of hydrogen-bond acceptors (Lipinski definition) is 2.